The molecule has 8 heteroatoms. The monoisotopic (exact) mass is 339 g/mol. The molecule has 0 spiro atoms. The van der Waals surface area contributed by atoms with Gasteiger partial charge in [0.25, 0.3) is 0 Å². The van der Waals surface area contributed by atoms with Gasteiger partial charge in [-0.15, -0.1) is 11.3 Å². The predicted octanol–water partition coefficient (Wildman–Crippen LogP) is 3.14. The Hall–Kier alpha value is -2.35. The fourth-order valence-corrected chi connectivity index (χ4v) is 2.39. The van der Waals surface area contributed by atoms with Crippen LogP contribution in [0.1, 0.15) is 23.2 Å². The number of carbonyl (C=O) groups excluding carboxylic acids is 1. The van der Waals surface area contributed by atoms with Gasteiger partial charge in [-0.25, -0.2) is 10.4 Å². The molecular formula is C15H15F2N3O2S. The minimum Gasteiger partial charge on any atom is -0.435 e. The molecule has 0 radical (unpaired) electrons. The molecule has 5 nitrogen and oxygen atoms in total. The largest absolute Gasteiger partial charge is 0.435 e. The average Bonchev–Trinajstić information content (AvgIpc) is 2.90. The Bertz CT molecular complexity index is 699. The summed E-state index contributed by atoms with van der Waals surface area (Å²) in [5, 5.41) is 6.72. The van der Waals surface area contributed by atoms with Gasteiger partial charge in [0.15, 0.2) is 0 Å². The number of nitrogens with zero attached hydrogens (tertiary/aromatic N) is 2. The Morgan fingerprint density at radius 1 is 1.39 bits per heavy atom. The van der Waals surface area contributed by atoms with Crippen LogP contribution in [0.2, 0.25) is 0 Å². The van der Waals surface area contributed by atoms with E-state index in [0.717, 1.165) is 5.01 Å². The highest BCUT2D eigenvalue weighted by Crippen LogP contribution is 2.15. The molecule has 2 rings (SSSR count). The van der Waals surface area contributed by atoms with Gasteiger partial charge in [0.05, 0.1) is 22.8 Å². The van der Waals surface area contributed by atoms with Gasteiger partial charge in [-0.2, -0.15) is 13.9 Å². The summed E-state index contributed by atoms with van der Waals surface area (Å²) < 4.78 is 28.4. The smallest absolute Gasteiger partial charge is 0.387 e. The molecule has 0 fully saturated rings. The van der Waals surface area contributed by atoms with E-state index >= 15 is 0 Å². The molecule has 122 valence electrons. The summed E-state index contributed by atoms with van der Waals surface area (Å²) >= 11 is 1.48. The lowest BCUT2D eigenvalue weighted by Gasteiger charge is -2.06. The Labute approximate surface area is 136 Å². The maximum absolute atomic E-state index is 12.1. The lowest BCUT2D eigenvalue weighted by atomic mass is 10.1. The first-order chi connectivity index (χ1) is 10.9. The van der Waals surface area contributed by atoms with E-state index < -0.39 is 6.61 Å². The summed E-state index contributed by atoms with van der Waals surface area (Å²) in [6.45, 7) is 0.718. The lowest BCUT2D eigenvalue weighted by Crippen LogP contribution is -2.21. The average molecular weight is 339 g/mol. The second-order valence-electron chi connectivity index (χ2n) is 4.67. The maximum Gasteiger partial charge on any atom is 0.387 e. The third-order valence-electron chi connectivity index (χ3n) is 2.85. The van der Waals surface area contributed by atoms with E-state index in [1.54, 1.807) is 19.1 Å². The van der Waals surface area contributed by atoms with E-state index in [1.165, 1.54) is 23.5 Å². The first-order valence-electron chi connectivity index (χ1n) is 6.73. The number of ether oxygens (including phenoxy) is 1. The number of hydrazone groups is 1. The van der Waals surface area contributed by atoms with Crippen LogP contribution < -0.4 is 10.2 Å². The van der Waals surface area contributed by atoms with Crippen molar-refractivity contribution in [2.24, 2.45) is 5.10 Å². The highest BCUT2D eigenvalue weighted by atomic mass is 32.1. The zero-order valence-corrected chi connectivity index (χ0v) is 13.4. The number of rotatable bonds is 6. The van der Waals surface area contributed by atoms with E-state index in [4.69, 9.17) is 0 Å². The number of thiazole rings is 1. The van der Waals surface area contributed by atoms with Crippen LogP contribution >= 0.6 is 11.3 Å². The molecule has 1 aromatic carbocycles. The number of nitrogens with one attached hydrogen (secondary N) is 1. The van der Waals surface area contributed by atoms with E-state index in [9.17, 15) is 13.6 Å². The van der Waals surface area contributed by atoms with Gasteiger partial charge in [0.2, 0.25) is 5.91 Å². The first kappa shape index (κ1) is 17.0. The van der Waals surface area contributed by atoms with Crippen molar-refractivity contribution in [1.82, 2.24) is 10.4 Å². The molecule has 0 saturated carbocycles. The van der Waals surface area contributed by atoms with Crippen molar-refractivity contribution in [3.63, 3.8) is 0 Å². The number of aromatic nitrogens is 1. The van der Waals surface area contributed by atoms with Crippen LogP contribution in [0.3, 0.4) is 0 Å². The molecule has 0 bridgehead atoms. The third-order valence-corrected chi connectivity index (χ3v) is 3.68. The molecule has 0 aliphatic carbocycles. The van der Waals surface area contributed by atoms with E-state index in [-0.39, 0.29) is 18.1 Å². The molecule has 0 atom stereocenters. The number of benzene rings is 1. The number of carbonyl (C=O) groups is 1. The van der Waals surface area contributed by atoms with Crippen molar-refractivity contribution in [3.05, 3.63) is 45.9 Å². The normalized spacial score (nSPS) is 11.6. The summed E-state index contributed by atoms with van der Waals surface area (Å²) in [4.78, 5) is 16.0. The molecule has 0 aliphatic heterocycles. The highest BCUT2D eigenvalue weighted by molar-refractivity contribution is 7.09. The van der Waals surface area contributed by atoms with Crippen molar-refractivity contribution in [2.45, 2.75) is 26.9 Å². The van der Waals surface area contributed by atoms with Crippen molar-refractivity contribution in [3.8, 4) is 5.75 Å². The quantitative estimate of drug-likeness (QED) is 0.650. The molecule has 1 N–H and O–H groups in total. The van der Waals surface area contributed by atoms with Crippen molar-refractivity contribution < 1.29 is 18.3 Å². The molecule has 0 aliphatic rings. The molecular weight excluding hydrogens is 324 g/mol. The van der Waals surface area contributed by atoms with Crippen LogP contribution in [0.15, 0.2) is 34.7 Å². The Kier molecular flexibility index (Phi) is 5.75. The number of halogens is 2. The molecule has 0 unspecified atom stereocenters. The van der Waals surface area contributed by atoms with Crippen LogP contribution in [0, 0.1) is 6.92 Å². The molecule has 1 aromatic heterocycles. The first-order valence-corrected chi connectivity index (χ1v) is 7.61. The lowest BCUT2D eigenvalue weighted by molar-refractivity contribution is -0.120. The van der Waals surface area contributed by atoms with Crippen LogP contribution in [-0.2, 0) is 11.2 Å². The van der Waals surface area contributed by atoms with Gasteiger partial charge in [0.1, 0.15) is 5.75 Å². The van der Waals surface area contributed by atoms with Gasteiger partial charge in [0, 0.05) is 5.38 Å². The molecule has 1 heterocycles. The maximum atomic E-state index is 12.1. The zero-order valence-electron chi connectivity index (χ0n) is 12.5. The zero-order chi connectivity index (χ0) is 16.8. The van der Waals surface area contributed by atoms with E-state index in [1.807, 2.05) is 12.3 Å². The van der Waals surface area contributed by atoms with Gasteiger partial charge in [-0.1, -0.05) is 0 Å². The second-order valence-corrected chi connectivity index (χ2v) is 5.73. The Morgan fingerprint density at radius 3 is 2.65 bits per heavy atom. The van der Waals surface area contributed by atoms with Crippen LogP contribution in [0.25, 0.3) is 0 Å². The summed E-state index contributed by atoms with van der Waals surface area (Å²) in [5.41, 5.74) is 4.39. The number of hydrogen-bond donors (Lipinski definition) is 1. The number of alkyl halides is 2. The van der Waals surface area contributed by atoms with Crippen LogP contribution in [-0.4, -0.2) is 23.2 Å². The fourth-order valence-electron chi connectivity index (χ4n) is 1.78. The minimum absolute atomic E-state index is 0.0690. The summed E-state index contributed by atoms with van der Waals surface area (Å²) in [7, 11) is 0. The third kappa shape index (κ3) is 5.41. The van der Waals surface area contributed by atoms with Gasteiger partial charge >= 0.3 is 6.61 Å². The summed E-state index contributed by atoms with van der Waals surface area (Å²) in [6, 6.07) is 6.01. The second kappa shape index (κ2) is 7.77. The van der Waals surface area contributed by atoms with Gasteiger partial charge < -0.3 is 4.74 Å². The summed E-state index contributed by atoms with van der Waals surface area (Å²) in [5.74, 6) is -0.202. The van der Waals surface area contributed by atoms with Gasteiger partial charge in [-0.3, -0.25) is 4.79 Å². The SMILES string of the molecule is CC(=NNC(=O)Cc1csc(C)n1)c1ccc(OC(F)F)cc1. The van der Waals surface area contributed by atoms with Crippen molar-refractivity contribution in [2.75, 3.05) is 0 Å². The molecule has 23 heavy (non-hydrogen) atoms. The molecule has 1 amide bonds. The summed E-state index contributed by atoms with van der Waals surface area (Å²) in [6.07, 6.45) is 0.155. The number of aryl methyl sites for hydroxylation is 1. The minimum atomic E-state index is -2.86. The van der Waals surface area contributed by atoms with E-state index in [0.29, 0.717) is 17.0 Å². The van der Waals surface area contributed by atoms with Crippen molar-refractivity contribution >= 4 is 23.0 Å². The van der Waals surface area contributed by atoms with Gasteiger partial charge in [-0.05, 0) is 43.7 Å². The fraction of sp³-hybridized carbons (Fsp3) is 0.267. The molecule has 2 aromatic rings. The van der Waals surface area contributed by atoms with Crippen LogP contribution in [0.4, 0.5) is 8.78 Å². The number of amides is 1. The Morgan fingerprint density at radius 2 is 2.09 bits per heavy atom. The van der Waals surface area contributed by atoms with Crippen LogP contribution in [0.5, 0.6) is 5.75 Å². The topological polar surface area (TPSA) is 63.6 Å². The Balaban J connectivity index is 1.92. The van der Waals surface area contributed by atoms with Crippen molar-refractivity contribution in [1.29, 1.82) is 0 Å². The highest BCUT2D eigenvalue weighted by Gasteiger charge is 2.07. The molecule has 0 saturated heterocycles. The standard InChI is InChI=1S/C15H15F2N3O2S/c1-9(11-3-5-13(6-4-11)22-15(16)17)19-20-14(21)7-12-8-23-10(2)18-12/h3-6,8,15H,7H2,1-2H3,(H,20,21). The predicted molar refractivity (Wildman–Crippen MR) is 84.0 cm³/mol. The number of hydrogen-bond acceptors (Lipinski definition) is 5. The van der Waals surface area contributed by atoms with E-state index in [2.05, 4.69) is 20.2 Å².